The van der Waals surface area contributed by atoms with E-state index in [2.05, 4.69) is 22.4 Å². The second-order valence-electron chi connectivity index (χ2n) is 3.90. The molecule has 5 nitrogen and oxygen atoms in total. The van der Waals surface area contributed by atoms with Crippen LogP contribution in [0.15, 0.2) is 22.7 Å². The second kappa shape index (κ2) is 6.21. The van der Waals surface area contributed by atoms with E-state index in [9.17, 15) is 4.79 Å². The van der Waals surface area contributed by atoms with Crippen molar-refractivity contribution in [3.63, 3.8) is 0 Å². The molecule has 2 aromatic heterocycles. The summed E-state index contributed by atoms with van der Waals surface area (Å²) < 4.78 is 2.04. The lowest BCUT2D eigenvalue weighted by Gasteiger charge is -2.10. The number of nitrogens with one attached hydrogen (secondary N) is 1. The van der Waals surface area contributed by atoms with E-state index in [4.69, 9.17) is 0 Å². The van der Waals surface area contributed by atoms with E-state index in [1.807, 2.05) is 29.0 Å². The Labute approximate surface area is 120 Å². The van der Waals surface area contributed by atoms with E-state index in [1.54, 1.807) is 18.4 Å². The zero-order valence-corrected chi connectivity index (χ0v) is 12.7. The molecule has 1 atom stereocenters. The van der Waals surface area contributed by atoms with Gasteiger partial charge in [-0.2, -0.15) is 0 Å². The Morgan fingerprint density at radius 3 is 2.95 bits per heavy atom. The molecule has 0 saturated heterocycles. The van der Waals surface area contributed by atoms with Crippen molar-refractivity contribution in [2.45, 2.75) is 30.8 Å². The predicted octanol–water partition coefficient (Wildman–Crippen LogP) is 2.25. The molecular weight excluding hydrogens is 280 g/mol. The molecule has 0 radical (unpaired) electrons. The summed E-state index contributed by atoms with van der Waals surface area (Å²) in [4.78, 5) is 12.7. The number of rotatable bonds is 5. The first-order valence-corrected chi connectivity index (χ1v) is 7.78. The zero-order chi connectivity index (χ0) is 13.8. The summed E-state index contributed by atoms with van der Waals surface area (Å²) in [7, 11) is 1.64. The second-order valence-corrected chi connectivity index (χ2v) is 6.16. The van der Waals surface area contributed by atoms with Crippen molar-refractivity contribution < 1.29 is 4.79 Å². The molecule has 0 aliphatic rings. The highest BCUT2D eigenvalue weighted by Gasteiger charge is 2.19. The van der Waals surface area contributed by atoms with Gasteiger partial charge in [-0.1, -0.05) is 17.8 Å². The lowest BCUT2D eigenvalue weighted by Crippen LogP contribution is -2.27. The van der Waals surface area contributed by atoms with Gasteiger partial charge in [0.2, 0.25) is 5.91 Å². The van der Waals surface area contributed by atoms with Gasteiger partial charge in [0.1, 0.15) is 0 Å². The zero-order valence-electron chi connectivity index (χ0n) is 11.1. The topological polar surface area (TPSA) is 59.8 Å². The summed E-state index contributed by atoms with van der Waals surface area (Å²) >= 11 is 3.06. The normalized spacial score (nSPS) is 12.4. The third-order valence-electron chi connectivity index (χ3n) is 2.67. The summed E-state index contributed by atoms with van der Waals surface area (Å²) in [5.41, 5.74) is 0. The van der Waals surface area contributed by atoms with Crippen molar-refractivity contribution in [1.82, 2.24) is 20.1 Å². The van der Waals surface area contributed by atoms with Gasteiger partial charge in [-0.05, 0) is 25.3 Å². The van der Waals surface area contributed by atoms with Crippen LogP contribution in [-0.2, 0) is 11.3 Å². The van der Waals surface area contributed by atoms with E-state index in [0.29, 0.717) is 0 Å². The first kappa shape index (κ1) is 14.1. The number of hydrogen-bond donors (Lipinski definition) is 1. The van der Waals surface area contributed by atoms with Crippen molar-refractivity contribution >= 4 is 29.0 Å². The molecule has 0 aromatic carbocycles. The Bertz CT molecular complexity index is 550. The Balaban J connectivity index is 2.25. The molecule has 102 valence electrons. The molecule has 1 N–H and O–H groups in total. The van der Waals surface area contributed by atoms with E-state index in [-0.39, 0.29) is 11.2 Å². The minimum Gasteiger partial charge on any atom is -0.358 e. The Morgan fingerprint density at radius 2 is 2.37 bits per heavy atom. The van der Waals surface area contributed by atoms with Crippen LogP contribution in [0.3, 0.4) is 0 Å². The summed E-state index contributed by atoms with van der Waals surface area (Å²) in [6.45, 7) is 4.70. The van der Waals surface area contributed by atoms with E-state index < -0.39 is 0 Å². The number of thiophene rings is 1. The SMILES string of the molecule is CCn1c(S[C@@H](C)C(=O)NC)nnc1-c1cccs1. The summed E-state index contributed by atoms with van der Waals surface area (Å²) in [6, 6.07) is 4.02. The molecule has 0 aliphatic carbocycles. The molecular formula is C12H16N4OS2. The average molecular weight is 296 g/mol. The maximum atomic E-state index is 11.6. The number of nitrogens with zero attached hydrogens (tertiary/aromatic N) is 3. The fourth-order valence-corrected chi connectivity index (χ4v) is 3.35. The molecule has 19 heavy (non-hydrogen) atoms. The number of thioether (sulfide) groups is 1. The number of carbonyl (C=O) groups is 1. The molecule has 0 bridgehead atoms. The van der Waals surface area contributed by atoms with Gasteiger partial charge in [-0.3, -0.25) is 4.79 Å². The van der Waals surface area contributed by atoms with E-state index in [1.165, 1.54) is 11.8 Å². The van der Waals surface area contributed by atoms with Crippen LogP contribution in [0.25, 0.3) is 10.7 Å². The number of hydrogen-bond acceptors (Lipinski definition) is 5. The molecule has 0 spiro atoms. The average Bonchev–Trinajstić information content (AvgIpc) is 3.05. The quantitative estimate of drug-likeness (QED) is 0.860. The first-order valence-electron chi connectivity index (χ1n) is 6.02. The lowest BCUT2D eigenvalue weighted by molar-refractivity contribution is -0.119. The predicted molar refractivity (Wildman–Crippen MR) is 78.4 cm³/mol. The number of aromatic nitrogens is 3. The Kier molecular flexibility index (Phi) is 4.60. The van der Waals surface area contributed by atoms with Crippen LogP contribution in [0.2, 0.25) is 0 Å². The van der Waals surface area contributed by atoms with Gasteiger partial charge in [0.25, 0.3) is 0 Å². The van der Waals surface area contributed by atoms with Gasteiger partial charge >= 0.3 is 0 Å². The van der Waals surface area contributed by atoms with Crippen LogP contribution in [0, 0.1) is 0 Å². The maximum absolute atomic E-state index is 11.6. The minimum atomic E-state index is -0.185. The van der Waals surface area contributed by atoms with Crippen molar-refractivity contribution in [2.75, 3.05) is 7.05 Å². The molecule has 2 rings (SSSR count). The highest BCUT2D eigenvalue weighted by molar-refractivity contribution is 8.00. The summed E-state index contributed by atoms with van der Waals surface area (Å²) in [6.07, 6.45) is 0. The van der Waals surface area contributed by atoms with Crippen molar-refractivity contribution in [1.29, 1.82) is 0 Å². The standard InChI is InChI=1S/C12H16N4OS2/c1-4-16-10(9-6-5-7-18-9)14-15-12(16)19-8(2)11(17)13-3/h5-8H,4H2,1-3H3,(H,13,17)/t8-/m0/s1. The van der Waals surface area contributed by atoms with Crippen molar-refractivity contribution in [2.24, 2.45) is 0 Å². The fraction of sp³-hybridized carbons (Fsp3) is 0.417. The molecule has 0 fully saturated rings. The van der Waals surface area contributed by atoms with Crippen LogP contribution >= 0.6 is 23.1 Å². The molecule has 0 saturated carbocycles. The largest absolute Gasteiger partial charge is 0.358 e. The van der Waals surface area contributed by atoms with Gasteiger partial charge in [-0.25, -0.2) is 0 Å². The Morgan fingerprint density at radius 1 is 1.58 bits per heavy atom. The molecule has 1 amide bonds. The van der Waals surface area contributed by atoms with Gasteiger partial charge < -0.3 is 9.88 Å². The van der Waals surface area contributed by atoms with Crippen LogP contribution in [0.5, 0.6) is 0 Å². The van der Waals surface area contributed by atoms with Gasteiger partial charge in [-0.15, -0.1) is 21.5 Å². The molecule has 2 aromatic rings. The monoisotopic (exact) mass is 296 g/mol. The highest BCUT2D eigenvalue weighted by Crippen LogP contribution is 2.28. The van der Waals surface area contributed by atoms with Crippen molar-refractivity contribution in [3.8, 4) is 10.7 Å². The van der Waals surface area contributed by atoms with Crippen LogP contribution in [0.4, 0.5) is 0 Å². The van der Waals surface area contributed by atoms with Gasteiger partial charge in [0.15, 0.2) is 11.0 Å². The summed E-state index contributed by atoms with van der Waals surface area (Å²) in [5.74, 6) is 0.859. The van der Waals surface area contributed by atoms with Crippen LogP contribution in [0.1, 0.15) is 13.8 Å². The first-order chi connectivity index (χ1) is 9.17. The molecule has 0 aliphatic heterocycles. The number of carbonyl (C=O) groups excluding carboxylic acids is 1. The number of amides is 1. The lowest BCUT2D eigenvalue weighted by atomic mass is 10.4. The maximum Gasteiger partial charge on any atom is 0.233 e. The summed E-state index contributed by atoms with van der Waals surface area (Å²) in [5, 5.41) is 13.7. The Hall–Kier alpha value is -1.34. The third kappa shape index (κ3) is 2.98. The third-order valence-corrected chi connectivity index (χ3v) is 4.62. The highest BCUT2D eigenvalue weighted by atomic mass is 32.2. The van der Waals surface area contributed by atoms with E-state index in [0.717, 1.165) is 22.4 Å². The van der Waals surface area contributed by atoms with Gasteiger partial charge in [0.05, 0.1) is 10.1 Å². The molecule has 0 unspecified atom stereocenters. The van der Waals surface area contributed by atoms with Crippen molar-refractivity contribution in [3.05, 3.63) is 17.5 Å². The van der Waals surface area contributed by atoms with Crippen LogP contribution in [-0.4, -0.2) is 33.0 Å². The van der Waals surface area contributed by atoms with E-state index >= 15 is 0 Å². The minimum absolute atomic E-state index is 0.00618. The molecule has 2 heterocycles. The smallest absolute Gasteiger partial charge is 0.233 e. The fourth-order valence-electron chi connectivity index (χ4n) is 1.66. The van der Waals surface area contributed by atoms with Crippen LogP contribution < -0.4 is 5.32 Å². The van der Waals surface area contributed by atoms with Gasteiger partial charge in [0, 0.05) is 13.6 Å². The molecule has 7 heteroatoms.